The smallest absolute Gasteiger partial charge is 0.135 e. The second kappa shape index (κ2) is 7.57. The van der Waals surface area contributed by atoms with Crippen LogP contribution in [0, 0.1) is 11.6 Å². The monoisotopic (exact) mass is 429 g/mol. The fraction of sp³-hybridized carbons (Fsp3) is 0.417. The molecule has 1 fully saturated rings. The van der Waals surface area contributed by atoms with Crippen molar-refractivity contribution in [1.29, 1.82) is 0 Å². The SMILES string of the molecule is CC(C)(F)CN1CCc2c([nH]c3ccccc23)C1c1c(F)cc(OC2CNC2)cc1F. The van der Waals surface area contributed by atoms with Crippen LogP contribution in [0.2, 0.25) is 0 Å². The zero-order valence-corrected chi connectivity index (χ0v) is 17.6. The molecule has 0 spiro atoms. The lowest BCUT2D eigenvalue weighted by atomic mass is 9.90. The molecule has 2 N–H and O–H groups in total. The van der Waals surface area contributed by atoms with Crippen molar-refractivity contribution in [2.24, 2.45) is 0 Å². The molecule has 5 rings (SSSR count). The van der Waals surface area contributed by atoms with Crippen LogP contribution >= 0.6 is 0 Å². The van der Waals surface area contributed by atoms with E-state index in [9.17, 15) is 4.39 Å². The Morgan fingerprint density at radius 2 is 1.84 bits per heavy atom. The van der Waals surface area contributed by atoms with Gasteiger partial charge in [-0.1, -0.05) is 18.2 Å². The van der Waals surface area contributed by atoms with Crippen molar-refractivity contribution in [3.63, 3.8) is 0 Å². The minimum absolute atomic E-state index is 0.0668. The number of para-hydroxylation sites is 1. The van der Waals surface area contributed by atoms with Crippen molar-refractivity contribution < 1.29 is 17.9 Å². The van der Waals surface area contributed by atoms with E-state index in [1.54, 1.807) is 0 Å². The lowest BCUT2D eigenvalue weighted by Gasteiger charge is -2.38. The summed E-state index contributed by atoms with van der Waals surface area (Å²) in [5.41, 5.74) is 1.10. The summed E-state index contributed by atoms with van der Waals surface area (Å²) in [6.07, 6.45) is 0.605. The number of ether oxygens (including phenoxy) is 1. The highest BCUT2D eigenvalue weighted by molar-refractivity contribution is 5.85. The van der Waals surface area contributed by atoms with Crippen molar-refractivity contribution in [3.8, 4) is 5.75 Å². The molecule has 3 heterocycles. The zero-order chi connectivity index (χ0) is 21.8. The van der Waals surface area contributed by atoms with Gasteiger partial charge in [-0.15, -0.1) is 0 Å². The molecule has 3 aromatic rings. The van der Waals surface area contributed by atoms with Gasteiger partial charge in [-0.2, -0.15) is 0 Å². The average Bonchev–Trinajstić information content (AvgIpc) is 3.03. The van der Waals surface area contributed by atoms with Gasteiger partial charge >= 0.3 is 0 Å². The molecule has 1 unspecified atom stereocenters. The first kappa shape index (κ1) is 20.4. The molecule has 0 saturated carbocycles. The van der Waals surface area contributed by atoms with Gasteiger partial charge < -0.3 is 15.0 Å². The average molecular weight is 429 g/mol. The number of rotatable bonds is 5. The third-order valence-electron chi connectivity index (χ3n) is 6.09. The molecule has 31 heavy (non-hydrogen) atoms. The summed E-state index contributed by atoms with van der Waals surface area (Å²) >= 11 is 0. The maximum absolute atomic E-state index is 15.4. The van der Waals surface area contributed by atoms with Crippen LogP contribution in [0.15, 0.2) is 36.4 Å². The van der Waals surface area contributed by atoms with Crippen LogP contribution in [0.25, 0.3) is 10.9 Å². The number of fused-ring (bicyclic) bond motifs is 3. The molecular formula is C24H26F3N3O. The van der Waals surface area contributed by atoms with Crippen LogP contribution in [-0.2, 0) is 6.42 Å². The lowest BCUT2D eigenvalue weighted by Crippen LogP contribution is -2.50. The standard InChI is InChI=1S/C24H26F3N3O/c1-24(2,27)13-30-8-7-17-16-5-3-4-6-20(16)29-22(17)23(30)21-18(25)9-14(10-19(21)26)31-15-11-28-12-15/h3-6,9-10,15,23,28-29H,7-8,11-13H2,1-2H3. The molecular weight excluding hydrogens is 403 g/mol. The Bertz CT molecular complexity index is 1090. The molecule has 4 nitrogen and oxygen atoms in total. The molecule has 0 amide bonds. The minimum Gasteiger partial charge on any atom is -0.488 e. The predicted molar refractivity (Wildman–Crippen MR) is 114 cm³/mol. The number of nitrogens with one attached hydrogen (secondary N) is 2. The summed E-state index contributed by atoms with van der Waals surface area (Å²) in [4.78, 5) is 5.19. The van der Waals surface area contributed by atoms with Crippen LogP contribution in [0.5, 0.6) is 5.75 Å². The summed E-state index contributed by atoms with van der Waals surface area (Å²) in [6, 6.07) is 9.57. The number of aromatic amines is 1. The summed E-state index contributed by atoms with van der Waals surface area (Å²) in [5.74, 6) is -1.18. The van der Waals surface area contributed by atoms with Gasteiger partial charge in [0.1, 0.15) is 29.2 Å². The molecule has 164 valence electrons. The van der Waals surface area contributed by atoms with Gasteiger partial charge in [0.05, 0.1) is 6.04 Å². The molecule has 0 radical (unpaired) electrons. The second-order valence-corrected chi connectivity index (χ2v) is 9.10. The van der Waals surface area contributed by atoms with E-state index in [-0.39, 0.29) is 24.0 Å². The third kappa shape index (κ3) is 3.81. The molecule has 1 atom stereocenters. The number of hydrogen-bond donors (Lipinski definition) is 2. The first-order valence-corrected chi connectivity index (χ1v) is 10.7. The highest BCUT2D eigenvalue weighted by Crippen LogP contribution is 2.41. The van der Waals surface area contributed by atoms with Gasteiger partial charge in [0.15, 0.2) is 0 Å². The molecule has 1 aromatic heterocycles. The number of H-pyrrole nitrogens is 1. The Morgan fingerprint density at radius 3 is 2.48 bits per heavy atom. The highest BCUT2D eigenvalue weighted by atomic mass is 19.1. The van der Waals surface area contributed by atoms with E-state index < -0.39 is 23.3 Å². The van der Waals surface area contributed by atoms with E-state index in [2.05, 4.69) is 10.3 Å². The van der Waals surface area contributed by atoms with E-state index >= 15 is 8.78 Å². The summed E-state index contributed by atoms with van der Waals surface area (Å²) in [5, 5.41) is 4.11. The summed E-state index contributed by atoms with van der Waals surface area (Å²) in [7, 11) is 0. The predicted octanol–water partition coefficient (Wildman–Crippen LogP) is 4.49. The molecule has 2 aromatic carbocycles. The van der Waals surface area contributed by atoms with E-state index in [1.165, 1.54) is 26.0 Å². The Kier molecular flexibility index (Phi) is 4.98. The lowest BCUT2D eigenvalue weighted by molar-refractivity contribution is 0.0959. The van der Waals surface area contributed by atoms with Crippen molar-refractivity contribution in [1.82, 2.24) is 15.2 Å². The van der Waals surface area contributed by atoms with E-state index in [1.807, 2.05) is 29.2 Å². The fourth-order valence-corrected chi connectivity index (χ4v) is 4.70. The van der Waals surface area contributed by atoms with Crippen molar-refractivity contribution in [2.45, 2.75) is 38.1 Å². The topological polar surface area (TPSA) is 40.3 Å². The van der Waals surface area contributed by atoms with Crippen LogP contribution < -0.4 is 10.1 Å². The first-order valence-electron chi connectivity index (χ1n) is 10.7. The number of halogens is 3. The molecule has 2 aliphatic rings. The van der Waals surface area contributed by atoms with Gasteiger partial charge in [-0.3, -0.25) is 4.90 Å². The highest BCUT2D eigenvalue weighted by Gasteiger charge is 2.38. The zero-order valence-electron chi connectivity index (χ0n) is 17.6. The number of alkyl halides is 1. The Balaban J connectivity index is 1.61. The molecule has 0 aliphatic carbocycles. The molecule has 7 heteroatoms. The Morgan fingerprint density at radius 1 is 1.13 bits per heavy atom. The van der Waals surface area contributed by atoms with E-state index in [4.69, 9.17) is 4.74 Å². The van der Waals surface area contributed by atoms with Crippen LogP contribution in [0.4, 0.5) is 13.2 Å². The van der Waals surface area contributed by atoms with Gasteiger partial charge in [0, 0.05) is 60.5 Å². The number of hydrogen-bond acceptors (Lipinski definition) is 3. The minimum atomic E-state index is -1.50. The number of aromatic nitrogens is 1. The van der Waals surface area contributed by atoms with Crippen LogP contribution in [0.3, 0.4) is 0 Å². The number of benzene rings is 2. The number of nitrogens with zero attached hydrogens (tertiary/aromatic N) is 1. The molecule has 1 saturated heterocycles. The maximum atomic E-state index is 15.4. The van der Waals surface area contributed by atoms with Crippen molar-refractivity contribution in [3.05, 3.63) is 64.9 Å². The van der Waals surface area contributed by atoms with Crippen molar-refractivity contribution >= 4 is 10.9 Å². The van der Waals surface area contributed by atoms with Crippen molar-refractivity contribution in [2.75, 3.05) is 26.2 Å². The van der Waals surface area contributed by atoms with Gasteiger partial charge in [0.2, 0.25) is 0 Å². The normalized spacial score (nSPS) is 20.0. The quantitative estimate of drug-likeness (QED) is 0.628. The van der Waals surface area contributed by atoms with E-state index in [0.29, 0.717) is 26.1 Å². The van der Waals surface area contributed by atoms with Gasteiger partial charge in [-0.25, -0.2) is 13.2 Å². The van der Waals surface area contributed by atoms with Crippen LogP contribution in [-0.4, -0.2) is 47.8 Å². The summed E-state index contributed by atoms with van der Waals surface area (Å²) in [6.45, 7) is 4.87. The molecule has 0 bridgehead atoms. The van der Waals surface area contributed by atoms with E-state index in [0.717, 1.165) is 22.2 Å². The third-order valence-corrected chi connectivity index (χ3v) is 6.09. The summed E-state index contributed by atoms with van der Waals surface area (Å²) < 4.78 is 51.0. The second-order valence-electron chi connectivity index (χ2n) is 9.10. The van der Waals surface area contributed by atoms with Gasteiger partial charge in [0.25, 0.3) is 0 Å². The Hall–Kier alpha value is -2.51. The van der Waals surface area contributed by atoms with Gasteiger partial charge in [-0.05, 0) is 31.9 Å². The molecule has 2 aliphatic heterocycles. The van der Waals surface area contributed by atoms with Crippen LogP contribution in [0.1, 0.15) is 36.7 Å². The first-order chi connectivity index (χ1) is 14.8. The maximum Gasteiger partial charge on any atom is 0.135 e. The largest absolute Gasteiger partial charge is 0.488 e. The Labute approximate surface area is 179 Å². The fourth-order valence-electron chi connectivity index (χ4n) is 4.70.